The van der Waals surface area contributed by atoms with Gasteiger partial charge in [-0.05, 0) is 31.7 Å². The average Bonchev–Trinajstić information content (AvgIpc) is 2.45. The van der Waals surface area contributed by atoms with Gasteiger partial charge in [-0.25, -0.2) is 0 Å². The van der Waals surface area contributed by atoms with Crippen LogP contribution in [0.1, 0.15) is 45.4 Å². The van der Waals surface area contributed by atoms with Crippen LogP contribution < -0.4 is 0 Å². The van der Waals surface area contributed by atoms with Crippen LogP contribution in [0.25, 0.3) is 0 Å². The summed E-state index contributed by atoms with van der Waals surface area (Å²) in [4.78, 5) is 2.29. The maximum atomic E-state index is 10.0. The minimum atomic E-state index is -0.124. The van der Waals surface area contributed by atoms with Gasteiger partial charge >= 0.3 is 0 Å². The Balaban J connectivity index is 2.40. The molecule has 2 unspecified atom stereocenters. The van der Waals surface area contributed by atoms with Crippen LogP contribution in [0.2, 0.25) is 0 Å². The van der Waals surface area contributed by atoms with Gasteiger partial charge in [-0.15, -0.1) is 0 Å². The molecule has 0 amide bonds. The van der Waals surface area contributed by atoms with Gasteiger partial charge in [0.15, 0.2) is 0 Å². The molecule has 0 aromatic heterocycles. The van der Waals surface area contributed by atoms with Crippen molar-refractivity contribution in [3.8, 4) is 0 Å². The molecule has 96 valence electrons. The van der Waals surface area contributed by atoms with Crippen molar-refractivity contribution in [3.05, 3.63) is 0 Å². The number of aliphatic hydroxyl groups is 2. The van der Waals surface area contributed by atoms with Crippen LogP contribution in [0.15, 0.2) is 0 Å². The predicted molar refractivity (Wildman–Crippen MR) is 66.4 cm³/mol. The highest BCUT2D eigenvalue weighted by Crippen LogP contribution is 2.24. The van der Waals surface area contributed by atoms with Crippen LogP contribution in [0.4, 0.5) is 0 Å². The zero-order chi connectivity index (χ0) is 11.8. The topological polar surface area (TPSA) is 43.7 Å². The summed E-state index contributed by atoms with van der Waals surface area (Å²) in [7, 11) is 0. The standard InChI is InChI=1S/C13H27NO2/c1-2-8-14(9-10-15)11-12-6-4-3-5-7-13(12)16/h12-13,15-16H,2-11H2,1H3. The van der Waals surface area contributed by atoms with E-state index in [1.807, 2.05) is 0 Å². The average molecular weight is 229 g/mol. The molecule has 3 nitrogen and oxygen atoms in total. The molecule has 1 aliphatic carbocycles. The second-order valence-electron chi connectivity index (χ2n) is 4.99. The lowest BCUT2D eigenvalue weighted by atomic mass is 9.96. The fourth-order valence-corrected chi connectivity index (χ4v) is 2.66. The Morgan fingerprint density at radius 2 is 1.88 bits per heavy atom. The summed E-state index contributed by atoms with van der Waals surface area (Å²) < 4.78 is 0. The van der Waals surface area contributed by atoms with Crippen molar-refractivity contribution >= 4 is 0 Å². The molecule has 1 saturated carbocycles. The molecule has 0 saturated heterocycles. The van der Waals surface area contributed by atoms with Gasteiger partial charge < -0.3 is 15.1 Å². The third-order valence-electron chi connectivity index (χ3n) is 3.57. The Labute approximate surface area is 99.5 Å². The smallest absolute Gasteiger partial charge is 0.0580 e. The number of hydrogen-bond acceptors (Lipinski definition) is 3. The molecule has 0 spiro atoms. The highest BCUT2D eigenvalue weighted by molar-refractivity contribution is 4.76. The van der Waals surface area contributed by atoms with E-state index >= 15 is 0 Å². The quantitative estimate of drug-likeness (QED) is 0.680. The first kappa shape index (κ1) is 13.9. The fourth-order valence-electron chi connectivity index (χ4n) is 2.66. The first-order valence-corrected chi connectivity index (χ1v) is 6.79. The lowest BCUT2D eigenvalue weighted by Gasteiger charge is -2.28. The van der Waals surface area contributed by atoms with Crippen molar-refractivity contribution in [1.29, 1.82) is 0 Å². The molecule has 1 aliphatic rings. The highest BCUT2D eigenvalue weighted by atomic mass is 16.3. The summed E-state index contributed by atoms with van der Waals surface area (Å²) in [6.45, 7) is 5.12. The molecule has 0 bridgehead atoms. The third kappa shape index (κ3) is 4.81. The van der Waals surface area contributed by atoms with Gasteiger partial charge in [-0.1, -0.05) is 26.2 Å². The largest absolute Gasteiger partial charge is 0.395 e. The predicted octanol–water partition coefficient (Wildman–Crippen LogP) is 1.63. The van der Waals surface area contributed by atoms with E-state index in [-0.39, 0.29) is 12.7 Å². The molecule has 0 radical (unpaired) electrons. The second-order valence-corrected chi connectivity index (χ2v) is 4.99. The van der Waals surface area contributed by atoms with E-state index < -0.39 is 0 Å². The summed E-state index contributed by atoms with van der Waals surface area (Å²) in [6, 6.07) is 0. The van der Waals surface area contributed by atoms with Gasteiger partial charge in [-0.2, -0.15) is 0 Å². The molecular weight excluding hydrogens is 202 g/mol. The van der Waals surface area contributed by atoms with Gasteiger partial charge in [0.1, 0.15) is 0 Å². The number of aliphatic hydroxyl groups excluding tert-OH is 2. The van der Waals surface area contributed by atoms with Crippen LogP contribution in [-0.4, -0.2) is 47.5 Å². The summed E-state index contributed by atoms with van der Waals surface area (Å²) >= 11 is 0. The van der Waals surface area contributed by atoms with E-state index in [2.05, 4.69) is 11.8 Å². The van der Waals surface area contributed by atoms with Crippen molar-refractivity contribution in [1.82, 2.24) is 4.90 Å². The normalized spacial score (nSPS) is 27.0. The van der Waals surface area contributed by atoms with Crippen LogP contribution >= 0.6 is 0 Å². The lowest BCUT2D eigenvalue weighted by molar-refractivity contribution is 0.0679. The zero-order valence-corrected chi connectivity index (χ0v) is 10.6. The molecule has 0 aromatic carbocycles. The highest BCUT2D eigenvalue weighted by Gasteiger charge is 2.23. The van der Waals surface area contributed by atoms with E-state index in [4.69, 9.17) is 5.11 Å². The maximum absolute atomic E-state index is 10.0. The Kier molecular flexibility index (Phi) is 7.01. The number of nitrogens with zero attached hydrogens (tertiary/aromatic N) is 1. The Hall–Kier alpha value is -0.120. The van der Waals surface area contributed by atoms with Crippen LogP contribution in [-0.2, 0) is 0 Å². The van der Waals surface area contributed by atoms with E-state index in [0.717, 1.165) is 38.9 Å². The first-order valence-electron chi connectivity index (χ1n) is 6.79. The summed E-state index contributed by atoms with van der Waals surface area (Å²) in [5, 5.41) is 19.1. The third-order valence-corrected chi connectivity index (χ3v) is 3.57. The summed E-state index contributed by atoms with van der Waals surface area (Å²) in [5.41, 5.74) is 0. The Morgan fingerprint density at radius 1 is 1.12 bits per heavy atom. The maximum Gasteiger partial charge on any atom is 0.0580 e. The van der Waals surface area contributed by atoms with Gasteiger partial charge in [0.2, 0.25) is 0 Å². The first-order chi connectivity index (χ1) is 7.77. The minimum Gasteiger partial charge on any atom is -0.395 e. The van der Waals surface area contributed by atoms with E-state index in [0.29, 0.717) is 5.92 Å². The molecule has 2 atom stereocenters. The van der Waals surface area contributed by atoms with Gasteiger partial charge in [-0.3, -0.25) is 0 Å². The van der Waals surface area contributed by atoms with Crippen molar-refractivity contribution < 1.29 is 10.2 Å². The van der Waals surface area contributed by atoms with Gasteiger partial charge in [0.05, 0.1) is 12.7 Å². The SMILES string of the molecule is CCCN(CCO)CC1CCCCCC1O. The molecule has 1 fully saturated rings. The number of hydrogen-bond donors (Lipinski definition) is 2. The van der Waals surface area contributed by atoms with E-state index in [9.17, 15) is 5.11 Å². The van der Waals surface area contributed by atoms with Crippen molar-refractivity contribution in [2.75, 3.05) is 26.2 Å². The molecule has 2 N–H and O–H groups in total. The summed E-state index contributed by atoms with van der Waals surface area (Å²) in [6.07, 6.45) is 6.79. The second kappa shape index (κ2) is 8.04. The molecule has 16 heavy (non-hydrogen) atoms. The van der Waals surface area contributed by atoms with Gasteiger partial charge in [0, 0.05) is 13.1 Å². The molecule has 0 aliphatic heterocycles. The van der Waals surface area contributed by atoms with Crippen LogP contribution in [0.5, 0.6) is 0 Å². The molecule has 0 aromatic rings. The summed E-state index contributed by atoms with van der Waals surface area (Å²) in [5.74, 6) is 0.417. The van der Waals surface area contributed by atoms with Gasteiger partial charge in [0.25, 0.3) is 0 Å². The molecule has 3 heteroatoms. The van der Waals surface area contributed by atoms with Crippen molar-refractivity contribution in [3.63, 3.8) is 0 Å². The Bertz CT molecular complexity index is 169. The molecular formula is C13H27NO2. The lowest BCUT2D eigenvalue weighted by Crippen LogP contribution is -2.37. The van der Waals surface area contributed by atoms with Crippen LogP contribution in [0.3, 0.4) is 0 Å². The van der Waals surface area contributed by atoms with E-state index in [1.165, 1.54) is 19.3 Å². The number of rotatable bonds is 6. The van der Waals surface area contributed by atoms with Crippen molar-refractivity contribution in [2.45, 2.75) is 51.6 Å². The van der Waals surface area contributed by atoms with Crippen LogP contribution in [0, 0.1) is 5.92 Å². The minimum absolute atomic E-state index is 0.124. The van der Waals surface area contributed by atoms with Crippen molar-refractivity contribution in [2.24, 2.45) is 5.92 Å². The molecule has 1 rings (SSSR count). The van der Waals surface area contributed by atoms with E-state index in [1.54, 1.807) is 0 Å². The monoisotopic (exact) mass is 229 g/mol. The molecule has 0 heterocycles. The zero-order valence-electron chi connectivity index (χ0n) is 10.6. The Morgan fingerprint density at radius 3 is 2.56 bits per heavy atom. The fraction of sp³-hybridized carbons (Fsp3) is 1.00.